The lowest BCUT2D eigenvalue weighted by Crippen LogP contribution is -2.33. The number of hydrogen-bond acceptors (Lipinski definition) is 24. The Morgan fingerprint density at radius 3 is 1.48 bits per heavy atom. The average Bonchev–Trinajstić information content (AvgIpc) is 1.59. The summed E-state index contributed by atoms with van der Waals surface area (Å²) in [6.45, 7) is 12.5. The van der Waals surface area contributed by atoms with Crippen LogP contribution in [0.4, 0.5) is 28.7 Å². The van der Waals surface area contributed by atoms with Gasteiger partial charge in [0.2, 0.25) is 35.3 Å². The Morgan fingerprint density at radius 1 is 0.475 bits per heavy atom. The highest BCUT2D eigenvalue weighted by molar-refractivity contribution is 7.15. The Bertz CT molecular complexity index is 5060. The molecule has 0 unspecified atom stereocenters. The monoisotopic (exact) mass is 1690 g/mol. The van der Waals surface area contributed by atoms with Gasteiger partial charge in [0.25, 0.3) is 29.5 Å². The molecular weight excluding hydrogens is 1590 g/mol. The van der Waals surface area contributed by atoms with Crippen molar-refractivity contribution in [1.29, 1.82) is 0 Å². The molecule has 0 saturated carbocycles. The number of carbonyl (C=O) groups is 9. The van der Waals surface area contributed by atoms with E-state index in [1.807, 2.05) is 72.2 Å². The smallest absolute Gasteiger partial charge is 0.291 e. The molecule has 38 nitrogen and oxygen atoms in total. The van der Waals surface area contributed by atoms with Crippen LogP contribution in [0, 0.1) is 20.8 Å². The van der Waals surface area contributed by atoms with Crippen molar-refractivity contribution in [3.05, 3.63) is 177 Å². The summed E-state index contributed by atoms with van der Waals surface area (Å²) >= 11 is 7.93. The maximum absolute atomic E-state index is 13.6. The van der Waals surface area contributed by atoms with Gasteiger partial charge in [-0.05, 0) is 68.3 Å². The van der Waals surface area contributed by atoms with E-state index in [2.05, 4.69) is 86.8 Å². The molecule has 1 aliphatic rings. The molecule has 9 N–H and O–H groups in total. The minimum absolute atomic E-state index is 0.00557. The Balaban J connectivity index is 0.469. The molecule has 8 heterocycles. The third-order valence-corrected chi connectivity index (χ3v) is 19.7. The van der Waals surface area contributed by atoms with Crippen LogP contribution in [0.1, 0.15) is 123 Å². The van der Waals surface area contributed by atoms with Gasteiger partial charge in [-0.3, -0.25) is 52.7 Å². The Kier molecular flexibility index (Phi) is 34.6. The lowest BCUT2D eigenvalue weighted by molar-refractivity contribution is -0.121. The quantitative estimate of drug-likeness (QED) is 0.0203. The summed E-state index contributed by atoms with van der Waals surface area (Å²) in [5.41, 5.74) is 6.50. The number of ether oxygens (including phenoxy) is 8. The van der Waals surface area contributed by atoms with E-state index in [0.717, 1.165) is 38.8 Å². The van der Waals surface area contributed by atoms with Crippen molar-refractivity contribution >= 4 is 117 Å². The number of aryl methyl sites for hydroxylation is 7. The fourth-order valence-electron chi connectivity index (χ4n) is 12.1. The number of rotatable bonds is 49. The first kappa shape index (κ1) is 90.4. The van der Waals surface area contributed by atoms with Gasteiger partial charge in [-0.15, -0.1) is 21.5 Å². The van der Waals surface area contributed by atoms with Crippen LogP contribution in [0.5, 0.6) is 0 Å². The third-order valence-electron chi connectivity index (χ3n) is 18.2. The molecule has 10 rings (SSSR count). The number of aromatic nitrogens is 11. The van der Waals surface area contributed by atoms with E-state index in [9.17, 15) is 43.2 Å². The number of carbonyl (C=O) groups excluding carboxylic acids is 9. The summed E-state index contributed by atoms with van der Waals surface area (Å²) in [4.78, 5) is 135. The molecular formula is C80H100ClN21O17S. The number of nitrogens with zero attached hydrogens (tertiary/aromatic N) is 12. The van der Waals surface area contributed by atoms with Crippen molar-refractivity contribution < 1.29 is 81.0 Å². The molecule has 640 valence electrons. The number of hydrogen-bond donors (Lipinski definition) is 9. The first-order valence-corrected chi connectivity index (χ1v) is 39.9. The number of nitrogens with one attached hydrogen (secondary N) is 9. The molecule has 9 aromatic rings. The van der Waals surface area contributed by atoms with Crippen LogP contribution in [-0.2, 0) is 92.3 Å². The maximum Gasteiger partial charge on any atom is 0.291 e. The molecule has 120 heavy (non-hydrogen) atoms. The fraction of sp³-hybridized carbons (Fsp3) is 0.412. The molecule has 0 fully saturated rings. The standard InChI is InChI=1S/C80H100ClN21O17S/c1-51-52(2)120-80-69(51)70(55-13-15-56(81)16-14-55)90-60(71-96-95-53(3)102(71)80)46-68(106)87-57-17-11-54(12-18-57)10-9-28-112-30-32-114-34-36-116-38-40-118-42-43-119-41-39-117-37-35-115-33-31-113-29-26-82-65(103)19-22-86-77(109)73-93-63(49-100(73)7)91-66(104)20-23-85-76(108)62-45-59(48-99(62)6)89-79(111)74-94-64(50-101(74)8)92-67(105)21-24-84-75(107)61-44-58(47-98(61)5)88-78(110)72-83-25-27-97(72)4/h9-18,25,27,44-45,47-50,60H,19-24,26,28-43,46H2,1-8H3,(H,82,103)(H,84,107)(H,85,108)(H,86,109)(H,87,106)(H,88,110)(H,89,111)(H,91,104)(H,92,105)/b10-9+/t60-/m0/s1. The van der Waals surface area contributed by atoms with E-state index >= 15 is 0 Å². The summed E-state index contributed by atoms with van der Waals surface area (Å²) in [7, 11) is 8.04. The first-order valence-electron chi connectivity index (χ1n) is 38.7. The van der Waals surface area contributed by atoms with Gasteiger partial charge in [-0.25, -0.2) is 15.0 Å². The minimum Gasteiger partial charge on any atom is -0.377 e. The van der Waals surface area contributed by atoms with Gasteiger partial charge in [0.1, 0.15) is 28.3 Å². The van der Waals surface area contributed by atoms with Crippen LogP contribution >= 0.6 is 22.9 Å². The molecule has 9 amide bonds. The predicted octanol–water partition coefficient (Wildman–Crippen LogP) is 5.81. The van der Waals surface area contributed by atoms with Crippen molar-refractivity contribution in [3.8, 4) is 5.00 Å². The zero-order valence-corrected chi connectivity index (χ0v) is 69.6. The zero-order valence-electron chi connectivity index (χ0n) is 68.0. The van der Waals surface area contributed by atoms with Gasteiger partial charge in [0, 0.05) is 145 Å². The number of aliphatic imine (C=N–C) groups is 1. The Labute approximate surface area is 700 Å². The van der Waals surface area contributed by atoms with Gasteiger partial charge in [-0.1, -0.05) is 48.0 Å². The molecule has 2 aromatic carbocycles. The molecule has 0 bridgehead atoms. The van der Waals surface area contributed by atoms with Gasteiger partial charge in [0.15, 0.2) is 23.3 Å². The zero-order chi connectivity index (χ0) is 85.5. The number of amides is 9. The summed E-state index contributed by atoms with van der Waals surface area (Å²) in [6.07, 6.45) is 12.8. The molecule has 7 aromatic heterocycles. The van der Waals surface area contributed by atoms with Crippen LogP contribution in [-0.4, -0.2) is 243 Å². The van der Waals surface area contributed by atoms with Gasteiger partial charge in [0.05, 0.1) is 129 Å². The summed E-state index contributed by atoms with van der Waals surface area (Å²) < 4.78 is 54.1. The molecule has 0 saturated heterocycles. The van der Waals surface area contributed by atoms with E-state index < -0.39 is 47.4 Å². The fourth-order valence-corrected chi connectivity index (χ4v) is 13.5. The Hall–Kier alpha value is -11.9. The van der Waals surface area contributed by atoms with E-state index in [-0.39, 0.29) is 116 Å². The largest absolute Gasteiger partial charge is 0.377 e. The topological polar surface area (TPSA) is 442 Å². The number of halogens is 1. The van der Waals surface area contributed by atoms with Gasteiger partial charge < -0.3 is 109 Å². The van der Waals surface area contributed by atoms with E-state index in [4.69, 9.17) is 54.5 Å². The number of fused-ring (bicyclic) bond motifs is 3. The number of anilines is 5. The van der Waals surface area contributed by atoms with Crippen molar-refractivity contribution in [2.24, 2.45) is 40.2 Å². The van der Waals surface area contributed by atoms with Crippen LogP contribution in [0.15, 0.2) is 109 Å². The highest BCUT2D eigenvalue weighted by atomic mass is 35.5. The van der Waals surface area contributed by atoms with Crippen LogP contribution in [0.25, 0.3) is 11.1 Å². The number of thiophene rings is 1. The second-order valence-electron chi connectivity index (χ2n) is 27.3. The molecule has 40 heteroatoms. The molecule has 1 aliphatic heterocycles. The summed E-state index contributed by atoms with van der Waals surface area (Å²) in [5.74, 6) is -2.50. The summed E-state index contributed by atoms with van der Waals surface area (Å²) in [6, 6.07) is 17.5. The van der Waals surface area contributed by atoms with Crippen molar-refractivity contribution in [2.45, 2.75) is 52.5 Å². The molecule has 0 aliphatic carbocycles. The summed E-state index contributed by atoms with van der Waals surface area (Å²) in [5, 5.41) is 34.9. The molecule has 0 spiro atoms. The van der Waals surface area contributed by atoms with Crippen molar-refractivity contribution in [3.63, 3.8) is 0 Å². The Morgan fingerprint density at radius 2 is 0.958 bits per heavy atom. The lowest BCUT2D eigenvalue weighted by atomic mass is 9.99. The molecule has 1 atom stereocenters. The number of benzene rings is 2. The van der Waals surface area contributed by atoms with Gasteiger partial charge >= 0.3 is 0 Å². The highest BCUT2D eigenvalue weighted by Gasteiger charge is 2.33. The van der Waals surface area contributed by atoms with E-state index in [1.165, 1.54) is 60.1 Å². The average molecular weight is 1700 g/mol. The van der Waals surface area contributed by atoms with Crippen LogP contribution in [0.3, 0.4) is 0 Å². The van der Waals surface area contributed by atoms with E-state index in [0.29, 0.717) is 121 Å². The third kappa shape index (κ3) is 27.1. The highest BCUT2D eigenvalue weighted by Crippen LogP contribution is 2.40. The lowest BCUT2D eigenvalue weighted by Gasteiger charge is -2.13. The van der Waals surface area contributed by atoms with Gasteiger partial charge in [-0.2, -0.15) is 0 Å². The van der Waals surface area contributed by atoms with Crippen LogP contribution < -0.4 is 47.9 Å². The normalized spacial score (nSPS) is 12.3. The maximum atomic E-state index is 13.6. The van der Waals surface area contributed by atoms with E-state index in [1.54, 1.807) is 63.5 Å². The first-order chi connectivity index (χ1) is 58.0. The number of imidazole rings is 3. The predicted molar refractivity (Wildman–Crippen MR) is 446 cm³/mol. The van der Waals surface area contributed by atoms with Crippen molar-refractivity contribution in [2.75, 3.05) is 158 Å². The second kappa shape index (κ2) is 45.9. The SMILES string of the molecule is Cc1sc2c(c1C)C(c1ccc(Cl)cc1)=N[C@@H](CC(=O)Nc1ccc(/C=C/COCCOCCOCCOCCOCCOCCOCCOCCNC(=O)CCNC(=O)c3nc(NC(=O)CCNC(=O)c4cc(NC(=O)c5nc(NC(=O)CCNC(=O)c6cc(NC(=O)c7nccn7C)cn6C)cn5C)cn4C)cn3C)cc1)c1nnc(C)n1-2. The molecule has 0 radical (unpaired) electrons. The van der Waals surface area contributed by atoms with Crippen LogP contribution in [0.2, 0.25) is 5.02 Å². The second-order valence-corrected chi connectivity index (χ2v) is 29.0. The van der Waals surface area contributed by atoms with Crippen molar-refractivity contribution in [1.82, 2.24) is 73.8 Å². The minimum atomic E-state index is -0.640.